The Morgan fingerprint density at radius 3 is 3.00 bits per heavy atom. The summed E-state index contributed by atoms with van der Waals surface area (Å²) in [6.45, 7) is 1.45. The molecule has 1 saturated heterocycles. The van der Waals surface area contributed by atoms with Gasteiger partial charge in [0, 0.05) is 23.3 Å². The van der Waals surface area contributed by atoms with E-state index < -0.39 is 0 Å². The van der Waals surface area contributed by atoms with Gasteiger partial charge in [0.2, 0.25) is 0 Å². The molecule has 0 spiro atoms. The third-order valence-electron chi connectivity index (χ3n) is 3.33. The number of likely N-dealkylation sites (tertiary alicyclic amines) is 1. The maximum Gasteiger partial charge on any atom is 0.272 e. The second-order valence-electron chi connectivity index (χ2n) is 4.59. The highest BCUT2D eigenvalue weighted by Gasteiger charge is 2.27. The molecule has 0 aliphatic carbocycles. The van der Waals surface area contributed by atoms with Gasteiger partial charge in [-0.1, -0.05) is 0 Å². The summed E-state index contributed by atoms with van der Waals surface area (Å²) in [5.74, 6) is 0.0284. The maximum absolute atomic E-state index is 12.4. The lowest BCUT2D eigenvalue weighted by atomic mass is 9.99. The van der Waals surface area contributed by atoms with E-state index in [2.05, 4.69) is 20.9 Å². The lowest BCUT2D eigenvalue weighted by Gasteiger charge is -2.35. The van der Waals surface area contributed by atoms with E-state index >= 15 is 0 Å². The largest absolute Gasteiger partial charge is 0.334 e. The van der Waals surface area contributed by atoms with Gasteiger partial charge in [-0.25, -0.2) is 4.98 Å². The van der Waals surface area contributed by atoms with Crippen molar-refractivity contribution in [2.24, 2.45) is 5.73 Å². The number of piperidine rings is 1. The smallest absolute Gasteiger partial charge is 0.272 e. The standard InChI is InChI=1S/C13H18BrN3O/c14-10-4-5-12(16-9-10)13(18)17-8-2-1-3-11(17)6-7-15/h4-5,9,11H,1-3,6-8,15H2. The van der Waals surface area contributed by atoms with Gasteiger partial charge in [0.05, 0.1) is 0 Å². The summed E-state index contributed by atoms with van der Waals surface area (Å²) >= 11 is 3.32. The van der Waals surface area contributed by atoms with E-state index in [0.29, 0.717) is 12.2 Å². The number of carbonyl (C=O) groups is 1. The Morgan fingerprint density at radius 1 is 1.50 bits per heavy atom. The molecule has 0 bridgehead atoms. The highest BCUT2D eigenvalue weighted by molar-refractivity contribution is 9.10. The van der Waals surface area contributed by atoms with Gasteiger partial charge in [0.25, 0.3) is 5.91 Å². The second kappa shape index (κ2) is 6.29. The molecule has 1 fully saturated rings. The summed E-state index contributed by atoms with van der Waals surface area (Å²) in [6.07, 6.45) is 5.85. The molecule has 1 aromatic heterocycles. The Kier molecular flexibility index (Phi) is 4.72. The zero-order valence-corrected chi connectivity index (χ0v) is 11.9. The van der Waals surface area contributed by atoms with Crippen molar-refractivity contribution < 1.29 is 4.79 Å². The van der Waals surface area contributed by atoms with Crippen molar-refractivity contribution in [2.45, 2.75) is 31.7 Å². The van der Waals surface area contributed by atoms with Crippen LogP contribution in [-0.2, 0) is 0 Å². The van der Waals surface area contributed by atoms with Crippen LogP contribution in [0, 0.1) is 0 Å². The Morgan fingerprint density at radius 2 is 2.33 bits per heavy atom. The van der Waals surface area contributed by atoms with Crippen molar-refractivity contribution in [3.63, 3.8) is 0 Å². The average Bonchev–Trinajstić information content (AvgIpc) is 2.40. The number of amides is 1. The summed E-state index contributed by atoms with van der Waals surface area (Å²) in [7, 11) is 0. The molecule has 4 nitrogen and oxygen atoms in total. The Bertz CT molecular complexity index is 405. The molecular weight excluding hydrogens is 294 g/mol. The molecule has 1 aromatic rings. The first kappa shape index (κ1) is 13.5. The fourth-order valence-corrected chi connectivity index (χ4v) is 2.64. The van der Waals surface area contributed by atoms with E-state index in [4.69, 9.17) is 5.73 Å². The van der Waals surface area contributed by atoms with Crippen LogP contribution in [0.1, 0.15) is 36.2 Å². The van der Waals surface area contributed by atoms with Gasteiger partial charge in [0.1, 0.15) is 5.69 Å². The fourth-order valence-electron chi connectivity index (χ4n) is 2.41. The van der Waals surface area contributed by atoms with Crippen LogP contribution in [0.3, 0.4) is 0 Å². The minimum atomic E-state index is 0.0284. The average molecular weight is 312 g/mol. The van der Waals surface area contributed by atoms with Crippen LogP contribution in [-0.4, -0.2) is 34.9 Å². The lowest BCUT2D eigenvalue weighted by molar-refractivity contribution is 0.0599. The molecule has 1 aliphatic heterocycles. The number of nitrogens with two attached hydrogens (primary N) is 1. The van der Waals surface area contributed by atoms with Crippen molar-refractivity contribution >= 4 is 21.8 Å². The number of aromatic nitrogens is 1. The number of pyridine rings is 1. The lowest BCUT2D eigenvalue weighted by Crippen LogP contribution is -2.44. The van der Waals surface area contributed by atoms with E-state index in [-0.39, 0.29) is 11.9 Å². The molecule has 0 aromatic carbocycles. The first-order valence-corrected chi connectivity index (χ1v) is 7.14. The molecule has 2 heterocycles. The zero-order chi connectivity index (χ0) is 13.0. The molecule has 1 aliphatic rings. The first-order chi connectivity index (χ1) is 8.72. The molecule has 1 amide bonds. The summed E-state index contributed by atoms with van der Waals surface area (Å²) in [4.78, 5) is 18.5. The van der Waals surface area contributed by atoms with Gasteiger partial charge in [-0.2, -0.15) is 0 Å². The molecule has 2 rings (SSSR count). The molecule has 2 N–H and O–H groups in total. The highest BCUT2D eigenvalue weighted by Crippen LogP contribution is 2.21. The van der Waals surface area contributed by atoms with Crippen LogP contribution in [0.5, 0.6) is 0 Å². The van der Waals surface area contributed by atoms with E-state index in [1.165, 1.54) is 6.42 Å². The topological polar surface area (TPSA) is 59.2 Å². The quantitative estimate of drug-likeness (QED) is 0.931. The number of halogens is 1. The molecule has 0 saturated carbocycles. The summed E-state index contributed by atoms with van der Waals surface area (Å²) in [5.41, 5.74) is 6.14. The van der Waals surface area contributed by atoms with Gasteiger partial charge >= 0.3 is 0 Å². The van der Waals surface area contributed by atoms with Crippen LogP contribution >= 0.6 is 15.9 Å². The Labute approximate surface area is 116 Å². The predicted molar refractivity (Wildman–Crippen MR) is 74.3 cm³/mol. The Hall–Kier alpha value is -0.940. The maximum atomic E-state index is 12.4. The summed E-state index contributed by atoms with van der Waals surface area (Å²) in [5, 5.41) is 0. The Balaban J connectivity index is 2.12. The molecule has 1 unspecified atom stereocenters. The van der Waals surface area contributed by atoms with Crippen LogP contribution < -0.4 is 5.73 Å². The number of hydrogen-bond donors (Lipinski definition) is 1. The van der Waals surface area contributed by atoms with Crippen LogP contribution in [0.25, 0.3) is 0 Å². The summed E-state index contributed by atoms with van der Waals surface area (Å²) < 4.78 is 0.885. The van der Waals surface area contributed by atoms with Crippen molar-refractivity contribution in [3.05, 3.63) is 28.5 Å². The minimum absolute atomic E-state index is 0.0284. The van der Waals surface area contributed by atoms with Crippen LogP contribution in [0.4, 0.5) is 0 Å². The SMILES string of the molecule is NCCC1CCCCN1C(=O)c1ccc(Br)cn1. The molecule has 98 valence electrons. The number of hydrogen-bond acceptors (Lipinski definition) is 3. The van der Waals surface area contributed by atoms with Gasteiger partial charge in [-0.3, -0.25) is 4.79 Å². The highest BCUT2D eigenvalue weighted by atomic mass is 79.9. The fraction of sp³-hybridized carbons (Fsp3) is 0.538. The number of carbonyl (C=O) groups excluding carboxylic acids is 1. The predicted octanol–water partition coefficient (Wildman–Crippen LogP) is 2.19. The van der Waals surface area contributed by atoms with Gasteiger partial charge in [-0.15, -0.1) is 0 Å². The van der Waals surface area contributed by atoms with E-state index in [9.17, 15) is 4.79 Å². The monoisotopic (exact) mass is 311 g/mol. The molecule has 1 atom stereocenters. The normalized spacial score (nSPS) is 19.9. The number of nitrogens with zero attached hydrogens (tertiary/aromatic N) is 2. The third-order valence-corrected chi connectivity index (χ3v) is 3.80. The van der Waals surface area contributed by atoms with Gasteiger partial charge in [-0.05, 0) is 60.3 Å². The zero-order valence-electron chi connectivity index (χ0n) is 10.3. The van der Waals surface area contributed by atoms with Crippen LogP contribution in [0.2, 0.25) is 0 Å². The van der Waals surface area contributed by atoms with Crippen molar-refractivity contribution in [1.82, 2.24) is 9.88 Å². The van der Waals surface area contributed by atoms with Gasteiger partial charge < -0.3 is 10.6 Å². The molecule has 18 heavy (non-hydrogen) atoms. The van der Waals surface area contributed by atoms with E-state index in [1.54, 1.807) is 12.3 Å². The molecule has 0 radical (unpaired) electrons. The van der Waals surface area contributed by atoms with Crippen molar-refractivity contribution in [3.8, 4) is 0 Å². The minimum Gasteiger partial charge on any atom is -0.334 e. The van der Waals surface area contributed by atoms with Crippen LogP contribution in [0.15, 0.2) is 22.8 Å². The first-order valence-electron chi connectivity index (χ1n) is 6.35. The van der Waals surface area contributed by atoms with Crippen molar-refractivity contribution in [1.29, 1.82) is 0 Å². The third kappa shape index (κ3) is 3.09. The van der Waals surface area contributed by atoms with Crippen molar-refractivity contribution in [2.75, 3.05) is 13.1 Å². The van der Waals surface area contributed by atoms with E-state index in [1.807, 2.05) is 11.0 Å². The summed E-state index contributed by atoms with van der Waals surface area (Å²) in [6, 6.07) is 3.89. The van der Waals surface area contributed by atoms with Gasteiger partial charge in [0.15, 0.2) is 0 Å². The molecular formula is C13H18BrN3O. The number of rotatable bonds is 3. The van der Waals surface area contributed by atoms with E-state index in [0.717, 1.165) is 30.3 Å². The second-order valence-corrected chi connectivity index (χ2v) is 5.50. The molecule has 5 heteroatoms.